The molecule has 0 fully saturated rings. The number of fused-ring (bicyclic) bond motifs is 1. The average Bonchev–Trinajstić information content (AvgIpc) is 2.53. The Morgan fingerprint density at radius 2 is 1.93 bits per heavy atom. The van der Waals surface area contributed by atoms with Crippen LogP contribution >= 0.6 is 0 Å². The van der Waals surface area contributed by atoms with Gasteiger partial charge in [0.1, 0.15) is 5.75 Å². The van der Waals surface area contributed by atoms with E-state index in [2.05, 4.69) is 13.0 Å². The summed E-state index contributed by atoms with van der Waals surface area (Å²) in [7, 11) is 0. The number of carbonyl (C=O) groups excluding carboxylic acids is 1. The van der Waals surface area contributed by atoms with E-state index in [1.54, 1.807) is 0 Å². The molecule has 1 atom stereocenters. The molecule has 1 unspecified atom stereocenters. The Bertz CT molecular complexity index is 433. The first-order valence-corrected chi connectivity index (χ1v) is 5.38. The maximum absolute atomic E-state index is 12.0. The maximum atomic E-state index is 12.0. The molecule has 0 radical (unpaired) electrons. The summed E-state index contributed by atoms with van der Waals surface area (Å²) in [6, 6.07) is 2.06. The SMILES string of the molecule is CCC1Oc2c(C)c(C)cc(C)c2C1=O. The van der Waals surface area contributed by atoms with Crippen molar-refractivity contribution in [3.63, 3.8) is 0 Å². The molecule has 1 aromatic rings. The van der Waals surface area contributed by atoms with E-state index in [1.165, 1.54) is 5.56 Å². The molecule has 0 spiro atoms. The highest BCUT2D eigenvalue weighted by molar-refractivity contribution is 6.06. The van der Waals surface area contributed by atoms with Crippen molar-refractivity contribution in [3.05, 3.63) is 28.3 Å². The van der Waals surface area contributed by atoms with E-state index in [4.69, 9.17) is 4.74 Å². The molecule has 1 aliphatic rings. The highest BCUT2D eigenvalue weighted by atomic mass is 16.5. The summed E-state index contributed by atoms with van der Waals surface area (Å²) in [5.41, 5.74) is 4.12. The van der Waals surface area contributed by atoms with Crippen LogP contribution in [0.1, 0.15) is 40.4 Å². The van der Waals surface area contributed by atoms with Gasteiger partial charge in [-0.25, -0.2) is 0 Å². The zero-order chi connectivity index (χ0) is 11.2. The van der Waals surface area contributed by atoms with Crippen LogP contribution < -0.4 is 4.74 Å². The number of ketones is 1. The Kier molecular flexibility index (Phi) is 2.29. The van der Waals surface area contributed by atoms with Crippen LogP contribution in [0.2, 0.25) is 0 Å². The lowest BCUT2D eigenvalue weighted by Crippen LogP contribution is -2.18. The third-order valence-electron chi connectivity index (χ3n) is 3.16. The molecule has 80 valence electrons. The fourth-order valence-corrected chi connectivity index (χ4v) is 2.13. The van der Waals surface area contributed by atoms with E-state index in [0.29, 0.717) is 0 Å². The van der Waals surface area contributed by atoms with Gasteiger partial charge in [0.05, 0.1) is 5.56 Å². The van der Waals surface area contributed by atoms with Gasteiger partial charge in [-0.15, -0.1) is 0 Å². The number of Topliss-reactive ketones (excluding diaryl/α,β-unsaturated/α-hetero) is 1. The monoisotopic (exact) mass is 204 g/mol. The number of benzene rings is 1. The van der Waals surface area contributed by atoms with Gasteiger partial charge < -0.3 is 4.74 Å². The summed E-state index contributed by atoms with van der Waals surface area (Å²) in [5, 5.41) is 0. The highest BCUT2D eigenvalue weighted by Crippen LogP contribution is 2.37. The van der Waals surface area contributed by atoms with Crippen molar-refractivity contribution in [1.82, 2.24) is 0 Å². The molecule has 0 aromatic heterocycles. The fourth-order valence-electron chi connectivity index (χ4n) is 2.13. The molecule has 1 aliphatic heterocycles. The molecule has 15 heavy (non-hydrogen) atoms. The Labute approximate surface area is 90.3 Å². The van der Waals surface area contributed by atoms with Crippen molar-refractivity contribution in [1.29, 1.82) is 0 Å². The van der Waals surface area contributed by atoms with Crippen molar-refractivity contribution in [3.8, 4) is 5.75 Å². The van der Waals surface area contributed by atoms with E-state index in [9.17, 15) is 4.79 Å². The molecular formula is C13H16O2. The predicted octanol–water partition coefficient (Wildman–Crippen LogP) is 2.97. The number of hydrogen-bond acceptors (Lipinski definition) is 2. The summed E-state index contributed by atoms with van der Waals surface area (Å²) in [5.74, 6) is 0.956. The minimum Gasteiger partial charge on any atom is -0.481 e. The van der Waals surface area contributed by atoms with E-state index in [0.717, 1.165) is 28.9 Å². The van der Waals surface area contributed by atoms with Gasteiger partial charge in [0.2, 0.25) is 5.78 Å². The van der Waals surface area contributed by atoms with Crippen molar-refractivity contribution in [2.75, 3.05) is 0 Å². The van der Waals surface area contributed by atoms with E-state index in [-0.39, 0.29) is 11.9 Å². The van der Waals surface area contributed by atoms with Crippen molar-refractivity contribution >= 4 is 5.78 Å². The predicted molar refractivity (Wildman–Crippen MR) is 59.7 cm³/mol. The minimum atomic E-state index is -0.265. The summed E-state index contributed by atoms with van der Waals surface area (Å²) >= 11 is 0. The van der Waals surface area contributed by atoms with E-state index >= 15 is 0 Å². The second-order valence-electron chi connectivity index (χ2n) is 4.22. The van der Waals surface area contributed by atoms with Gasteiger partial charge in [-0.05, 0) is 43.9 Å². The summed E-state index contributed by atoms with van der Waals surface area (Å²) in [6.07, 6.45) is 0.477. The van der Waals surface area contributed by atoms with Gasteiger partial charge in [0.15, 0.2) is 6.10 Å². The third-order valence-corrected chi connectivity index (χ3v) is 3.16. The standard InChI is InChI=1S/C13H16O2/c1-5-10-12(14)11-8(3)6-7(2)9(4)13(11)15-10/h6,10H,5H2,1-4H3. The van der Waals surface area contributed by atoms with Crippen molar-refractivity contribution < 1.29 is 9.53 Å². The molecule has 0 saturated carbocycles. The average molecular weight is 204 g/mol. The van der Waals surface area contributed by atoms with Gasteiger partial charge in [-0.1, -0.05) is 13.0 Å². The van der Waals surface area contributed by atoms with Crippen LogP contribution in [0.3, 0.4) is 0 Å². The Morgan fingerprint density at radius 1 is 1.27 bits per heavy atom. The summed E-state index contributed by atoms with van der Waals surface area (Å²) in [4.78, 5) is 12.0. The zero-order valence-corrected chi connectivity index (χ0v) is 9.68. The topological polar surface area (TPSA) is 26.3 Å². The molecule has 2 rings (SSSR count). The molecule has 0 aliphatic carbocycles. The molecule has 0 bridgehead atoms. The van der Waals surface area contributed by atoms with Crippen molar-refractivity contribution in [2.24, 2.45) is 0 Å². The van der Waals surface area contributed by atoms with Crippen LogP contribution in [0.4, 0.5) is 0 Å². The van der Waals surface area contributed by atoms with Crippen molar-refractivity contribution in [2.45, 2.75) is 40.2 Å². The fraction of sp³-hybridized carbons (Fsp3) is 0.462. The smallest absolute Gasteiger partial charge is 0.207 e. The first-order chi connectivity index (χ1) is 7.06. The minimum absolute atomic E-state index is 0.146. The van der Waals surface area contributed by atoms with E-state index in [1.807, 2.05) is 20.8 Å². The molecular weight excluding hydrogens is 188 g/mol. The molecule has 0 amide bonds. The second kappa shape index (κ2) is 3.37. The Hall–Kier alpha value is -1.31. The molecule has 1 heterocycles. The quantitative estimate of drug-likeness (QED) is 0.703. The number of hydrogen-bond donors (Lipinski definition) is 0. The van der Waals surface area contributed by atoms with Crippen LogP contribution in [0.15, 0.2) is 6.07 Å². The van der Waals surface area contributed by atoms with Gasteiger partial charge in [0, 0.05) is 0 Å². The van der Waals surface area contributed by atoms with Gasteiger partial charge in [-0.2, -0.15) is 0 Å². The van der Waals surface area contributed by atoms with Crippen LogP contribution in [0, 0.1) is 20.8 Å². The number of ether oxygens (including phenoxy) is 1. The third kappa shape index (κ3) is 1.36. The lowest BCUT2D eigenvalue weighted by molar-refractivity contribution is 0.0852. The molecule has 2 heteroatoms. The Balaban J connectivity index is 2.63. The Morgan fingerprint density at radius 3 is 2.53 bits per heavy atom. The van der Waals surface area contributed by atoms with Crippen LogP contribution in [0.5, 0.6) is 5.75 Å². The van der Waals surface area contributed by atoms with Gasteiger partial charge in [0.25, 0.3) is 0 Å². The molecule has 1 aromatic carbocycles. The largest absolute Gasteiger partial charge is 0.481 e. The summed E-state index contributed by atoms with van der Waals surface area (Å²) in [6.45, 7) is 8.02. The molecule has 0 N–H and O–H groups in total. The molecule has 0 saturated heterocycles. The first kappa shape index (κ1) is 10.2. The normalized spacial score (nSPS) is 18.9. The van der Waals surface area contributed by atoms with Gasteiger partial charge in [-0.3, -0.25) is 4.79 Å². The van der Waals surface area contributed by atoms with Gasteiger partial charge >= 0.3 is 0 Å². The highest BCUT2D eigenvalue weighted by Gasteiger charge is 2.33. The lowest BCUT2D eigenvalue weighted by Gasteiger charge is -2.09. The number of carbonyl (C=O) groups is 1. The summed E-state index contributed by atoms with van der Waals surface area (Å²) < 4.78 is 5.71. The van der Waals surface area contributed by atoms with E-state index < -0.39 is 0 Å². The zero-order valence-electron chi connectivity index (χ0n) is 9.68. The lowest BCUT2D eigenvalue weighted by atomic mass is 9.96. The number of rotatable bonds is 1. The first-order valence-electron chi connectivity index (χ1n) is 5.38. The van der Waals surface area contributed by atoms with Crippen LogP contribution in [0.25, 0.3) is 0 Å². The number of aryl methyl sites for hydroxylation is 2. The van der Waals surface area contributed by atoms with Crippen LogP contribution in [-0.2, 0) is 0 Å². The maximum Gasteiger partial charge on any atom is 0.207 e. The molecule has 2 nitrogen and oxygen atoms in total. The van der Waals surface area contributed by atoms with Crippen LogP contribution in [-0.4, -0.2) is 11.9 Å². The second-order valence-corrected chi connectivity index (χ2v) is 4.22.